The first kappa shape index (κ1) is 26.2. The first-order valence-electron chi connectivity index (χ1n) is 11.2. The second-order valence-electron chi connectivity index (χ2n) is 8.05. The number of aryl methyl sites for hydroxylation is 1. The number of aliphatic imine (C=N–C) groups is 1. The molecule has 1 aliphatic heterocycles. The Kier molecular flexibility index (Phi) is 11.0. The summed E-state index contributed by atoms with van der Waals surface area (Å²) in [5, 5.41) is 6.91. The van der Waals surface area contributed by atoms with E-state index in [-0.39, 0.29) is 24.0 Å². The first-order chi connectivity index (χ1) is 15.1. The largest absolute Gasteiger partial charge is 0.370 e. The van der Waals surface area contributed by atoms with Crippen LogP contribution < -0.4 is 20.4 Å². The van der Waals surface area contributed by atoms with E-state index in [1.54, 1.807) is 0 Å². The zero-order chi connectivity index (χ0) is 22.1. The molecule has 7 nitrogen and oxygen atoms in total. The van der Waals surface area contributed by atoms with Crippen molar-refractivity contribution in [3.63, 3.8) is 0 Å². The average Bonchev–Trinajstić information content (AvgIpc) is 2.79. The van der Waals surface area contributed by atoms with Crippen molar-refractivity contribution in [3.8, 4) is 0 Å². The molecular weight excluding hydrogens is 513 g/mol. The van der Waals surface area contributed by atoms with Crippen LogP contribution in [0.15, 0.2) is 47.6 Å². The van der Waals surface area contributed by atoms with E-state index in [9.17, 15) is 0 Å². The summed E-state index contributed by atoms with van der Waals surface area (Å²) in [4.78, 5) is 16.2. The first-order valence-corrected chi connectivity index (χ1v) is 11.2. The molecule has 1 saturated heterocycles. The molecule has 0 saturated carbocycles. The Morgan fingerprint density at radius 2 is 1.91 bits per heavy atom. The van der Waals surface area contributed by atoms with Gasteiger partial charge in [0.2, 0.25) is 0 Å². The summed E-state index contributed by atoms with van der Waals surface area (Å²) in [7, 11) is 3.99. The SMILES string of the molecule is CCN(CCNC(=NC)NCc1cccnc1N1CCN(C)CC1)c1cccc(C)c1.I. The van der Waals surface area contributed by atoms with Gasteiger partial charge in [-0.1, -0.05) is 18.2 Å². The molecule has 32 heavy (non-hydrogen) atoms. The third-order valence-electron chi connectivity index (χ3n) is 5.76. The number of hydrogen-bond acceptors (Lipinski definition) is 5. The number of guanidine groups is 1. The van der Waals surface area contributed by atoms with Crippen molar-refractivity contribution in [2.75, 3.05) is 69.7 Å². The molecule has 1 aromatic carbocycles. The third kappa shape index (κ3) is 7.51. The van der Waals surface area contributed by atoms with Crippen LogP contribution >= 0.6 is 24.0 Å². The van der Waals surface area contributed by atoms with E-state index >= 15 is 0 Å². The van der Waals surface area contributed by atoms with Gasteiger partial charge in [-0.05, 0) is 44.7 Å². The van der Waals surface area contributed by atoms with E-state index < -0.39 is 0 Å². The number of hydrogen-bond donors (Lipinski definition) is 2. The molecule has 1 aromatic heterocycles. The molecule has 0 aliphatic carbocycles. The van der Waals surface area contributed by atoms with Crippen LogP contribution in [0.3, 0.4) is 0 Å². The fourth-order valence-electron chi connectivity index (χ4n) is 3.87. The van der Waals surface area contributed by atoms with Gasteiger partial charge in [-0.15, -0.1) is 24.0 Å². The summed E-state index contributed by atoms with van der Waals surface area (Å²) in [5.41, 5.74) is 3.75. The van der Waals surface area contributed by atoms with E-state index in [1.165, 1.54) is 16.8 Å². The molecule has 1 fully saturated rings. The van der Waals surface area contributed by atoms with Crippen molar-refractivity contribution >= 4 is 41.4 Å². The molecule has 0 unspecified atom stereocenters. The highest BCUT2D eigenvalue weighted by Crippen LogP contribution is 2.18. The minimum absolute atomic E-state index is 0. The number of piperazine rings is 1. The Labute approximate surface area is 210 Å². The van der Waals surface area contributed by atoms with Crippen molar-refractivity contribution in [2.45, 2.75) is 20.4 Å². The lowest BCUT2D eigenvalue weighted by molar-refractivity contribution is 0.312. The molecule has 0 atom stereocenters. The van der Waals surface area contributed by atoms with Crippen LogP contribution in [0.25, 0.3) is 0 Å². The molecule has 2 N–H and O–H groups in total. The number of rotatable bonds is 8. The van der Waals surface area contributed by atoms with Crippen LogP contribution in [-0.4, -0.2) is 75.8 Å². The normalized spacial score (nSPS) is 14.6. The number of likely N-dealkylation sites (N-methyl/N-ethyl adjacent to an activating group) is 2. The second-order valence-corrected chi connectivity index (χ2v) is 8.05. The standard InChI is InChI=1S/C24H37N7.HI/c1-5-30(22-10-6-8-20(2)18-22)13-12-27-24(25-3)28-19-21-9-7-11-26-23(21)31-16-14-29(4)15-17-31;/h6-11,18H,5,12-17,19H2,1-4H3,(H2,25,27,28);1H. The predicted octanol–water partition coefficient (Wildman–Crippen LogP) is 2.95. The summed E-state index contributed by atoms with van der Waals surface area (Å²) in [5.74, 6) is 1.89. The Hall–Kier alpha value is -2.07. The van der Waals surface area contributed by atoms with E-state index in [2.05, 4.69) is 86.5 Å². The quantitative estimate of drug-likeness (QED) is 0.299. The summed E-state index contributed by atoms with van der Waals surface area (Å²) < 4.78 is 0. The Bertz CT molecular complexity index is 850. The maximum absolute atomic E-state index is 4.67. The van der Waals surface area contributed by atoms with Crippen molar-refractivity contribution in [1.82, 2.24) is 20.5 Å². The van der Waals surface area contributed by atoms with Crippen molar-refractivity contribution in [3.05, 3.63) is 53.7 Å². The Morgan fingerprint density at radius 1 is 1.12 bits per heavy atom. The molecule has 3 rings (SSSR count). The maximum Gasteiger partial charge on any atom is 0.191 e. The third-order valence-corrected chi connectivity index (χ3v) is 5.76. The van der Waals surface area contributed by atoms with Gasteiger partial charge in [0.15, 0.2) is 5.96 Å². The maximum atomic E-state index is 4.67. The zero-order valence-electron chi connectivity index (χ0n) is 19.8. The molecule has 0 amide bonds. The predicted molar refractivity (Wildman–Crippen MR) is 147 cm³/mol. The molecular formula is C24H38IN7. The number of anilines is 2. The fraction of sp³-hybridized carbons (Fsp3) is 0.500. The van der Waals surface area contributed by atoms with Gasteiger partial charge in [0.25, 0.3) is 0 Å². The molecule has 2 aromatic rings. The van der Waals surface area contributed by atoms with Gasteiger partial charge in [0, 0.05) is 76.9 Å². The molecule has 176 valence electrons. The fourth-order valence-corrected chi connectivity index (χ4v) is 3.87. The monoisotopic (exact) mass is 551 g/mol. The number of pyridine rings is 1. The lowest BCUT2D eigenvalue weighted by Gasteiger charge is -2.34. The van der Waals surface area contributed by atoms with E-state index in [1.807, 2.05) is 19.3 Å². The lowest BCUT2D eigenvalue weighted by Crippen LogP contribution is -2.45. The number of benzene rings is 1. The highest BCUT2D eigenvalue weighted by molar-refractivity contribution is 14.0. The summed E-state index contributed by atoms with van der Waals surface area (Å²) >= 11 is 0. The number of nitrogens with one attached hydrogen (secondary N) is 2. The molecule has 1 aliphatic rings. The number of halogens is 1. The highest BCUT2D eigenvalue weighted by Gasteiger charge is 2.18. The minimum atomic E-state index is 0. The smallest absolute Gasteiger partial charge is 0.191 e. The molecule has 2 heterocycles. The van der Waals surface area contributed by atoms with Crippen LogP contribution in [-0.2, 0) is 6.54 Å². The van der Waals surface area contributed by atoms with Gasteiger partial charge in [0.05, 0.1) is 0 Å². The highest BCUT2D eigenvalue weighted by atomic mass is 127. The van der Waals surface area contributed by atoms with Gasteiger partial charge >= 0.3 is 0 Å². The average molecular weight is 552 g/mol. The lowest BCUT2D eigenvalue weighted by atomic mass is 10.2. The van der Waals surface area contributed by atoms with E-state index in [0.717, 1.165) is 57.6 Å². The Balaban J connectivity index is 0.00000363. The van der Waals surface area contributed by atoms with Gasteiger partial charge in [-0.25, -0.2) is 4.98 Å². The summed E-state index contributed by atoms with van der Waals surface area (Å²) in [6, 6.07) is 12.8. The topological polar surface area (TPSA) is 59.0 Å². The van der Waals surface area contributed by atoms with E-state index in [0.29, 0.717) is 6.54 Å². The van der Waals surface area contributed by atoms with E-state index in [4.69, 9.17) is 0 Å². The second kappa shape index (κ2) is 13.5. The zero-order valence-corrected chi connectivity index (χ0v) is 22.2. The number of aromatic nitrogens is 1. The van der Waals surface area contributed by atoms with Gasteiger partial charge in [-0.2, -0.15) is 0 Å². The molecule has 0 bridgehead atoms. The van der Waals surface area contributed by atoms with Crippen LogP contribution in [0.4, 0.5) is 11.5 Å². The minimum Gasteiger partial charge on any atom is -0.370 e. The molecule has 0 spiro atoms. The van der Waals surface area contributed by atoms with Crippen LogP contribution in [0.2, 0.25) is 0 Å². The van der Waals surface area contributed by atoms with Crippen molar-refractivity contribution in [2.24, 2.45) is 4.99 Å². The van der Waals surface area contributed by atoms with Crippen molar-refractivity contribution in [1.29, 1.82) is 0 Å². The Morgan fingerprint density at radius 3 is 2.59 bits per heavy atom. The van der Waals surface area contributed by atoms with Gasteiger partial charge < -0.3 is 25.3 Å². The number of nitrogens with zero attached hydrogens (tertiary/aromatic N) is 5. The summed E-state index contributed by atoms with van der Waals surface area (Å²) in [6.45, 7) is 11.9. The van der Waals surface area contributed by atoms with Crippen molar-refractivity contribution < 1.29 is 0 Å². The van der Waals surface area contributed by atoms with Crippen LogP contribution in [0.1, 0.15) is 18.1 Å². The van der Waals surface area contributed by atoms with Crippen LogP contribution in [0, 0.1) is 6.92 Å². The molecule has 0 radical (unpaired) electrons. The summed E-state index contributed by atoms with van der Waals surface area (Å²) in [6.07, 6.45) is 1.88. The van der Waals surface area contributed by atoms with Gasteiger partial charge in [0.1, 0.15) is 5.82 Å². The van der Waals surface area contributed by atoms with Gasteiger partial charge in [-0.3, -0.25) is 4.99 Å². The molecule has 8 heteroatoms. The van der Waals surface area contributed by atoms with Crippen LogP contribution in [0.5, 0.6) is 0 Å².